The second-order valence-electron chi connectivity index (χ2n) is 7.87. The summed E-state index contributed by atoms with van der Waals surface area (Å²) in [5.74, 6) is 1.38. The van der Waals surface area contributed by atoms with Crippen LogP contribution in [0.4, 0.5) is 11.6 Å². The van der Waals surface area contributed by atoms with E-state index in [9.17, 15) is 4.79 Å². The lowest BCUT2D eigenvalue weighted by molar-refractivity contribution is -0.113. The van der Waals surface area contributed by atoms with E-state index in [2.05, 4.69) is 20.6 Å². The highest BCUT2D eigenvalue weighted by Gasteiger charge is 2.34. The summed E-state index contributed by atoms with van der Waals surface area (Å²) in [6.45, 7) is 1.84. The molecule has 0 radical (unpaired) electrons. The Morgan fingerprint density at radius 3 is 2.60 bits per heavy atom. The van der Waals surface area contributed by atoms with Gasteiger partial charge in [0.15, 0.2) is 5.82 Å². The summed E-state index contributed by atoms with van der Waals surface area (Å²) in [4.78, 5) is 22.2. The molecule has 35 heavy (non-hydrogen) atoms. The SMILES string of the molecule is COc1ccc(C2C(C(=O)Nc3cccnc3)=C(C)Nc3nc(-c4ccc(Cl)c(Cl)c4)nn32)cc1. The molecule has 1 atom stereocenters. The molecule has 0 saturated heterocycles. The topological polar surface area (TPSA) is 94.0 Å². The molecule has 0 spiro atoms. The number of ether oxygens (including phenoxy) is 1. The molecule has 2 aromatic carbocycles. The summed E-state index contributed by atoms with van der Waals surface area (Å²) in [7, 11) is 1.61. The summed E-state index contributed by atoms with van der Waals surface area (Å²) in [6.07, 6.45) is 3.24. The zero-order valence-electron chi connectivity index (χ0n) is 18.8. The maximum atomic E-state index is 13.5. The fourth-order valence-corrected chi connectivity index (χ4v) is 4.23. The molecule has 1 amide bonds. The van der Waals surface area contributed by atoms with Crippen LogP contribution in [0.15, 0.2) is 78.3 Å². The summed E-state index contributed by atoms with van der Waals surface area (Å²) in [5.41, 5.74) is 3.29. The van der Waals surface area contributed by atoms with E-state index in [1.54, 1.807) is 54.5 Å². The standard InChI is InChI=1S/C25H20Cl2N6O2/c1-14-21(24(34)30-17-4-3-11-28-13-17)22(15-5-8-18(35-2)9-6-15)33-25(29-14)31-23(32-33)16-7-10-19(26)20(27)12-16/h3-13,22H,1-2H3,(H,30,34)(H,29,31,32). The first-order valence-corrected chi connectivity index (χ1v) is 11.5. The highest BCUT2D eigenvalue weighted by atomic mass is 35.5. The van der Waals surface area contributed by atoms with Crippen LogP contribution in [0, 0.1) is 0 Å². The third-order valence-electron chi connectivity index (χ3n) is 5.63. The molecular weight excluding hydrogens is 487 g/mol. The van der Waals surface area contributed by atoms with Crippen molar-refractivity contribution in [3.8, 4) is 17.1 Å². The van der Waals surface area contributed by atoms with Crippen molar-refractivity contribution >= 4 is 40.7 Å². The van der Waals surface area contributed by atoms with Crippen molar-refractivity contribution < 1.29 is 9.53 Å². The van der Waals surface area contributed by atoms with E-state index in [0.29, 0.717) is 50.1 Å². The Balaban J connectivity index is 1.60. The number of methoxy groups -OCH3 is 1. The Kier molecular flexibility index (Phi) is 6.15. The van der Waals surface area contributed by atoms with E-state index in [0.717, 1.165) is 5.56 Å². The number of fused-ring (bicyclic) bond motifs is 1. The number of carbonyl (C=O) groups is 1. The molecule has 3 heterocycles. The van der Waals surface area contributed by atoms with E-state index in [1.807, 2.05) is 31.2 Å². The van der Waals surface area contributed by atoms with Gasteiger partial charge in [0, 0.05) is 17.5 Å². The van der Waals surface area contributed by atoms with Crippen LogP contribution in [-0.2, 0) is 4.79 Å². The Bertz CT molecular complexity index is 1430. The number of nitrogens with one attached hydrogen (secondary N) is 2. The van der Waals surface area contributed by atoms with E-state index in [-0.39, 0.29) is 5.91 Å². The van der Waals surface area contributed by atoms with Crippen LogP contribution in [0.1, 0.15) is 18.5 Å². The van der Waals surface area contributed by atoms with Gasteiger partial charge < -0.3 is 15.4 Å². The zero-order chi connectivity index (χ0) is 24.5. The molecule has 0 bridgehead atoms. The minimum Gasteiger partial charge on any atom is -0.497 e. The Hall–Kier alpha value is -3.88. The largest absolute Gasteiger partial charge is 0.497 e. The smallest absolute Gasteiger partial charge is 0.255 e. The van der Waals surface area contributed by atoms with Gasteiger partial charge in [-0.25, -0.2) is 4.68 Å². The van der Waals surface area contributed by atoms with Gasteiger partial charge in [0.2, 0.25) is 5.95 Å². The van der Waals surface area contributed by atoms with Gasteiger partial charge in [0.25, 0.3) is 5.91 Å². The van der Waals surface area contributed by atoms with Gasteiger partial charge in [0.1, 0.15) is 11.8 Å². The van der Waals surface area contributed by atoms with Crippen LogP contribution in [-0.4, -0.2) is 32.8 Å². The van der Waals surface area contributed by atoms with E-state index >= 15 is 0 Å². The van der Waals surface area contributed by atoms with Gasteiger partial charge in [0.05, 0.1) is 34.6 Å². The molecule has 0 saturated carbocycles. The number of nitrogens with zero attached hydrogens (tertiary/aromatic N) is 4. The monoisotopic (exact) mass is 506 g/mol. The molecule has 176 valence electrons. The fraction of sp³-hybridized carbons (Fsp3) is 0.120. The number of amides is 1. The van der Waals surface area contributed by atoms with Crippen molar-refractivity contribution in [1.29, 1.82) is 0 Å². The lowest BCUT2D eigenvalue weighted by Gasteiger charge is -2.28. The van der Waals surface area contributed by atoms with E-state index in [1.165, 1.54) is 0 Å². The molecule has 2 N–H and O–H groups in total. The van der Waals surface area contributed by atoms with Crippen LogP contribution in [0.5, 0.6) is 5.75 Å². The first-order chi connectivity index (χ1) is 16.9. The molecular formula is C25H20Cl2N6O2. The van der Waals surface area contributed by atoms with Gasteiger partial charge in [-0.2, -0.15) is 4.98 Å². The van der Waals surface area contributed by atoms with Gasteiger partial charge in [-0.1, -0.05) is 35.3 Å². The number of hydrogen-bond donors (Lipinski definition) is 2. The van der Waals surface area contributed by atoms with Crippen molar-refractivity contribution in [1.82, 2.24) is 19.7 Å². The van der Waals surface area contributed by atoms with Gasteiger partial charge in [-0.15, -0.1) is 5.10 Å². The molecule has 4 aromatic rings. The molecule has 2 aromatic heterocycles. The van der Waals surface area contributed by atoms with Gasteiger partial charge in [-0.3, -0.25) is 9.78 Å². The quantitative estimate of drug-likeness (QED) is 0.366. The highest BCUT2D eigenvalue weighted by molar-refractivity contribution is 6.42. The number of anilines is 2. The fourth-order valence-electron chi connectivity index (χ4n) is 3.93. The molecule has 8 nitrogen and oxygen atoms in total. The number of aromatic nitrogens is 4. The average Bonchev–Trinajstić information content (AvgIpc) is 3.29. The minimum atomic E-state index is -0.544. The van der Waals surface area contributed by atoms with Crippen LogP contribution >= 0.6 is 23.2 Å². The number of hydrogen-bond acceptors (Lipinski definition) is 6. The van der Waals surface area contributed by atoms with Gasteiger partial charge >= 0.3 is 0 Å². The predicted octanol–water partition coefficient (Wildman–Crippen LogP) is 5.58. The van der Waals surface area contributed by atoms with Crippen molar-refractivity contribution in [3.63, 3.8) is 0 Å². The zero-order valence-corrected chi connectivity index (χ0v) is 20.3. The Morgan fingerprint density at radius 1 is 1.11 bits per heavy atom. The number of carbonyl (C=O) groups excluding carboxylic acids is 1. The molecule has 5 rings (SSSR count). The maximum absolute atomic E-state index is 13.5. The summed E-state index contributed by atoms with van der Waals surface area (Å²) < 4.78 is 7.01. The number of halogens is 2. The maximum Gasteiger partial charge on any atom is 0.255 e. The number of benzene rings is 2. The van der Waals surface area contributed by atoms with Gasteiger partial charge in [-0.05, 0) is 55.0 Å². The second-order valence-corrected chi connectivity index (χ2v) is 8.68. The Morgan fingerprint density at radius 2 is 1.91 bits per heavy atom. The third kappa shape index (κ3) is 4.45. The van der Waals surface area contributed by atoms with Crippen molar-refractivity contribution in [2.24, 2.45) is 0 Å². The molecule has 10 heteroatoms. The number of rotatable bonds is 5. The third-order valence-corrected chi connectivity index (χ3v) is 6.36. The predicted molar refractivity (Wildman–Crippen MR) is 136 cm³/mol. The average molecular weight is 507 g/mol. The molecule has 1 unspecified atom stereocenters. The van der Waals surface area contributed by atoms with Crippen LogP contribution < -0.4 is 15.4 Å². The Labute approximate surface area is 211 Å². The number of pyridine rings is 1. The molecule has 0 aliphatic carbocycles. The van der Waals surface area contributed by atoms with Crippen molar-refractivity contribution in [2.45, 2.75) is 13.0 Å². The normalized spacial score (nSPS) is 14.8. The second kappa shape index (κ2) is 9.40. The van der Waals surface area contributed by atoms with Crippen LogP contribution in [0.25, 0.3) is 11.4 Å². The first kappa shape index (κ1) is 22.9. The minimum absolute atomic E-state index is 0.277. The summed E-state index contributed by atoms with van der Waals surface area (Å²) in [6, 6.07) is 15.7. The molecule has 1 aliphatic heterocycles. The lowest BCUT2D eigenvalue weighted by atomic mass is 9.95. The van der Waals surface area contributed by atoms with Crippen LogP contribution in [0.2, 0.25) is 10.0 Å². The first-order valence-electron chi connectivity index (χ1n) is 10.7. The molecule has 0 fully saturated rings. The number of allylic oxidation sites excluding steroid dienone is 1. The van der Waals surface area contributed by atoms with Crippen molar-refractivity contribution in [2.75, 3.05) is 17.7 Å². The summed E-state index contributed by atoms with van der Waals surface area (Å²) >= 11 is 12.3. The lowest BCUT2D eigenvalue weighted by Crippen LogP contribution is -2.31. The highest BCUT2D eigenvalue weighted by Crippen LogP contribution is 2.38. The molecule has 1 aliphatic rings. The summed E-state index contributed by atoms with van der Waals surface area (Å²) in [5, 5.41) is 11.8. The van der Waals surface area contributed by atoms with Crippen LogP contribution in [0.3, 0.4) is 0 Å². The van der Waals surface area contributed by atoms with E-state index in [4.69, 9.17) is 33.0 Å². The van der Waals surface area contributed by atoms with Crippen molar-refractivity contribution in [3.05, 3.63) is 93.9 Å². The van der Waals surface area contributed by atoms with E-state index < -0.39 is 6.04 Å².